The average Bonchev–Trinajstić information content (AvgIpc) is 2.98. The minimum Gasteiger partial charge on any atom is -0.497 e. The fourth-order valence-electron chi connectivity index (χ4n) is 4.13. The van der Waals surface area contributed by atoms with E-state index in [1.807, 2.05) is 39.2 Å². The summed E-state index contributed by atoms with van der Waals surface area (Å²) >= 11 is 1.51. The molecule has 1 N–H and O–H groups in total. The van der Waals surface area contributed by atoms with Crippen LogP contribution in [0.3, 0.4) is 0 Å². The fraction of sp³-hybridized carbons (Fsp3) is 0.355. The molecule has 2 atom stereocenters. The molecule has 0 saturated heterocycles. The van der Waals surface area contributed by atoms with Crippen LogP contribution in [-0.4, -0.2) is 57.1 Å². The SMILES string of the molecule is CC[C@@H](C)NC(=O)[C@H](C)N(Cc1cccc(OC)c1)C(=O)CN(c1ccc(C)cc1)S(=O)(=O)c1ccc(SC)cc1. The van der Waals surface area contributed by atoms with E-state index in [4.69, 9.17) is 4.74 Å². The van der Waals surface area contributed by atoms with Crippen LogP contribution in [0.15, 0.2) is 82.6 Å². The Morgan fingerprint density at radius 1 is 1.00 bits per heavy atom. The molecule has 0 fully saturated rings. The fourth-order valence-corrected chi connectivity index (χ4v) is 5.95. The molecule has 0 spiro atoms. The Balaban J connectivity index is 2.03. The zero-order valence-corrected chi connectivity index (χ0v) is 26.1. The summed E-state index contributed by atoms with van der Waals surface area (Å²) in [4.78, 5) is 29.6. The van der Waals surface area contributed by atoms with Gasteiger partial charge in [-0.05, 0) is 87.5 Å². The van der Waals surface area contributed by atoms with Crippen molar-refractivity contribution in [3.63, 3.8) is 0 Å². The van der Waals surface area contributed by atoms with Gasteiger partial charge in [-0.15, -0.1) is 11.8 Å². The van der Waals surface area contributed by atoms with E-state index in [0.29, 0.717) is 11.4 Å². The minimum absolute atomic E-state index is 0.0746. The minimum atomic E-state index is -4.12. The number of anilines is 1. The van der Waals surface area contributed by atoms with Crippen LogP contribution in [0.2, 0.25) is 0 Å². The lowest BCUT2D eigenvalue weighted by atomic mass is 10.1. The van der Waals surface area contributed by atoms with Crippen molar-refractivity contribution in [3.8, 4) is 5.75 Å². The van der Waals surface area contributed by atoms with Crippen molar-refractivity contribution in [2.24, 2.45) is 0 Å². The first-order valence-corrected chi connectivity index (χ1v) is 16.1. The third-order valence-corrected chi connectivity index (χ3v) is 9.44. The van der Waals surface area contributed by atoms with Gasteiger partial charge in [0.2, 0.25) is 11.8 Å². The number of benzene rings is 3. The summed E-state index contributed by atoms with van der Waals surface area (Å²) in [5.74, 6) is -0.207. The molecule has 0 aromatic heterocycles. The summed E-state index contributed by atoms with van der Waals surface area (Å²) < 4.78 is 34.4. The molecule has 3 aromatic rings. The van der Waals surface area contributed by atoms with Gasteiger partial charge < -0.3 is 15.0 Å². The standard InChI is InChI=1S/C31H39N3O5S2/c1-7-23(3)32-31(36)24(4)33(20-25-9-8-10-27(19-25)39-5)30(35)21-34(26-13-11-22(2)12-14-26)41(37,38)29-17-15-28(40-6)16-18-29/h8-19,23-24H,7,20-21H2,1-6H3,(H,32,36)/t23-,24+/m1/s1. The first-order chi connectivity index (χ1) is 19.5. The molecular formula is C31H39N3O5S2. The lowest BCUT2D eigenvalue weighted by Crippen LogP contribution is -2.52. The Morgan fingerprint density at radius 2 is 1.66 bits per heavy atom. The molecule has 220 valence electrons. The number of carbonyl (C=O) groups excluding carboxylic acids is 2. The van der Waals surface area contributed by atoms with Crippen LogP contribution in [-0.2, 0) is 26.2 Å². The molecule has 8 nitrogen and oxygen atoms in total. The Bertz CT molecular complexity index is 1430. The zero-order chi connectivity index (χ0) is 30.2. The highest BCUT2D eigenvalue weighted by molar-refractivity contribution is 7.98. The Hall–Kier alpha value is -3.50. The average molecular weight is 598 g/mol. The molecule has 0 radical (unpaired) electrons. The summed E-state index contributed by atoms with van der Waals surface area (Å²) in [5.41, 5.74) is 2.06. The molecule has 10 heteroatoms. The smallest absolute Gasteiger partial charge is 0.264 e. The zero-order valence-electron chi connectivity index (χ0n) is 24.5. The van der Waals surface area contributed by atoms with Crippen molar-refractivity contribution >= 4 is 39.3 Å². The van der Waals surface area contributed by atoms with Crippen molar-refractivity contribution in [1.29, 1.82) is 0 Å². The molecule has 0 bridgehead atoms. The monoisotopic (exact) mass is 597 g/mol. The normalized spacial score (nSPS) is 12.7. The van der Waals surface area contributed by atoms with Crippen LogP contribution >= 0.6 is 11.8 Å². The van der Waals surface area contributed by atoms with Gasteiger partial charge in [0.15, 0.2) is 0 Å². The molecule has 0 aliphatic rings. The molecule has 0 saturated carbocycles. The Morgan fingerprint density at radius 3 is 2.24 bits per heavy atom. The predicted octanol–water partition coefficient (Wildman–Crippen LogP) is 5.25. The number of amides is 2. The van der Waals surface area contributed by atoms with Gasteiger partial charge in [-0.3, -0.25) is 13.9 Å². The van der Waals surface area contributed by atoms with Gasteiger partial charge >= 0.3 is 0 Å². The highest BCUT2D eigenvalue weighted by atomic mass is 32.2. The van der Waals surface area contributed by atoms with E-state index in [0.717, 1.165) is 26.7 Å². The van der Waals surface area contributed by atoms with Gasteiger partial charge in [0, 0.05) is 17.5 Å². The van der Waals surface area contributed by atoms with Gasteiger partial charge in [-0.25, -0.2) is 8.42 Å². The van der Waals surface area contributed by atoms with Crippen molar-refractivity contribution in [1.82, 2.24) is 10.2 Å². The maximum absolute atomic E-state index is 14.0. The van der Waals surface area contributed by atoms with E-state index in [1.165, 1.54) is 16.7 Å². The Labute approximate surface area is 248 Å². The molecule has 0 heterocycles. The van der Waals surface area contributed by atoms with E-state index in [2.05, 4.69) is 5.32 Å². The lowest BCUT2D eigenvalue weighted by Gasteiger charge is -2.32. The number of carbonyl (C=O) groups is 2. The maximum atomic E-state index is 14.0. The van der Waals surface area contributed by atoms with Gasteiger partial charge in [-0.2, -0.15) is 0 Å². The van der Waals surface area contributed by atoms with Crippen molar-refractivity contribution in [3.05, 3.63) is 83.9 Å². The van der Waals surface area contributed by atoms with E-state index in [-0.39, 0.29) is 23.4 Å². The molecule has 3 rings (SSSR count). The first-order valence-electron chi connectivity index (χ1n) is 13.5. The number of aryl methyl sites for hydroxylation is 1. The molecule has 0 aliphatic heterocycles. The number of thioether (sulfide) groups is 1. The number of methoxy groups -OCH3 is 1. The summed E-state index contributed by atoms with van der Waals surface area (Å²) in [6, 6.07) is 19.8. The third kappa shape index (κ3) is 8.27. The molecule has 2 amide bonds. The number of sulfonamides is 1. The topological polar surface area (TPSA) is 96.0 Å². The van der Waals surface area contributed by atoms with Crippen molar-refractivity contribution in [2.75, 3.05) is 24.2 Å². The highest BCUT2D eigenvalue weighted by Gasteiger charge is 2.32. The number of hydrogen-bond acceptors (Lipinski definition) is 6. The Kier molecular flexibility index (Phi) is 11.3. The number of nitrogens with one attached hydrogen (secondary N) is 1. The lowest BCUT2D eigenvalue weighted by molar-refractivity contribution is -0.139. The van der Waals surface area contributed by atoms with Crippen LogP contribution in [0.4, 0.5) is 5.69 Å². The van der Waals surface area contributed by atoms with Crippen LogP contribution in [0.25, 0.3) is 0 Å². The molecular weight excluding hydrogens is 558 g/mol. The number of nitrogens with zero attached hydrogens (tertiary/aromatic N) is 2. The molecule has 0 aliphatic carbocycles. The van der Waals surface area contributed by atoms with E-state index >= 15 is 0 Å². The molecule has 41 heavy (non-hydrogen) atoms. The maximum Gasteiger partial charge on any atom is 0.264 e. The number of ether oxygens (including phenoxy) is 1. The van der Waals surface area contributed by atoms with Crippen molar-refractivity contribution < 1.29 is 22.7 Å². The number of hydrogen-bond donors (Lipinski definition) is 1. The predicted molar refractivity (Wildman–Crippen MR) is 165 cm³/mol. The molecule has 3 aromatic carbocycles. The van der Waals surface area contributed by atoms with Gasteiger partial charge in [0.1, 0.15) is 18.3 Å². The van der Waals surface area contributed by atoms with Crippen LogP contribution in [0.1, 0.15) is 38.3 Å². The summed E-state index contributed by atoms with van der Waals surface area (Å²) in [6.45, 7) is 7.03. The summed E-state index contributed by atoms with van der Waals surface area (Å²) in [6.07, 6.45) is 2.65. The largest absolute Gasteiger partial charge is 0.497 e. The van der Waals surface area contributed by atoms with Gasteiger partial charge in [-0.1, -0.05) is 36.8 Å². The van der Waals surface area contributed by atoms with Gasteiger partial charge in [0.05, 0.1) is 17.7 Å². The third-order valence-electron chi connectivity index (χ3n) is 6.90. The quantitative estimate of drug-likeness (QED) is 0.270. The van der Waals surface area contributed by atoms with Crippen molar-refractivity contribution in [2.45, 2.75) is 62.5 Å². The first kappa shape index (κ1) is 32.0. The second kappa shape index (κ2) is 14.4. The van der Waals surface area contributed by atoms with Crippen LogP contribution < -0.4 is 14.4 Å². The molecule has 0 unspecified atom stereocenters. The van der Waals surface area contributed by atoms with Crippen LogP contribution in [0.5, 0.6) is 5.75 Å². The van der Waals surface area contributed by atoms with E-state index < -0.39 is 28.5 Å². The highest BCUT2D eigenvalue weighted by Crippen LogP contribution is 2.27. The van der Waals surface area contributed by atoms with E-state index in [1.54, 1.807) is 74.7 Å². The second-order valence-corrected chi connectivity index (χ2v) is 12.6. The second-order valence-electron chi connectivity index (χ2n) is 9.89. The van der Waals surface area contributed by atoms with E-state index in [9.17, 15) is 18.0 Å². The summed E-state index contributed by atoms with van der Waals surface area (Å²) in [7, 11) is -2.56. The van der Waals surface area contributed by atoms with Crippen LogP contribution in [0, 0.1) is 6.92 Å². The number of rotatable bonds is 13. The van der Waals surface area contributed by atoms with Gasteiger partial charge in [0.25, 0.3) is 10.0 Å². The summed E-state index contributed by atoms with van der Waals surface area (Å²) in [5, 5.41) is 2.94.